The van der Waals surface area contributed by atoms with Gasteiger partial charge in [-0.3, -0.25) is 4.98 Å². The highest BCUT2D eigenvalue weighted by Crippen LogP contribution is 2.35. The lowest BCUT2D eigenvalue weighted by atomic mass is 10.0. The molecule has 3 aromatic rings. The average Bonchev–Trinajstić information content (AvgIpc) is 3.03. The Morgan fingerprint density at radius 2 is 2.00 bits per heavy atom. The van der Waals surface area contributed by atoms with Crippen LogP contribution in [0.25, 0.3) is 15.7 Å². The van der Waals surface area contributed by atoms with E-state index in [2.05, 4.69) is 11.6 Å². The molecule has 0 bridgehead atoms. The van der Waals surface area contributed by atoms with E-state index >= 15 is 0 Å². The second kappa shape index (κ2) is 6.22. The molecule has 0 saturated carbocycles. The van der Waals surface area contributed by atoms with Crippen LogP contribution in [-0.2, 0) is 4.74 Å². The standard InChI is InChI=1S/C18H15NO3S/c1-11(14-6-7-19-10-15(14)18(20)22-3)17-9-12-8-13(21-2)4-5-16(12)23-17/h4-10H,1H2,2-3H3. The van der Waals surface area contributed by atoms with E-state index in [1.54, 1.807) is 30.7 Å². The molecule has 0 aliphatic heterocycles. The first-order chi connectivity index (χ1) is 11.1. The summed E-state index contributed by atoms with van der Waals surface area (Å²) >= 11 is 1.62. The molecular formula is C18H15NO3S. The van der Waals surface area contributed by atoms with Gasteiger partial charge < -0.3 is 9.47 Å². The number of pyridine rings is 1. The molecule has 4 nitrogen and oxygen atoms in total. The van der Waals surface area contributed by atoms with Gasteiger partial charge in [-0.05, 0) is 41.3 Å². The first-order valence-corrected chi connectivity index (χ1v) is 7.75. The highest BCUT2D eigenvalue weighted by atomic mass is 32.1. The van der Waals surface area contributed by atoms with Crippen molar-refractivity contribution in [2.24, 2.45) is 0 Å². The molecule has 0 saturated heterocycles. The number of nitrogens with zero attached hydrogens (tertiary/aromatic N) is 1. The number of ether oxygens (including phenoxy) is 2. The highest BCUT2D eigenvalue weighted by molar-refractivity contribution is 7.20. The maximum Gasteiger partial charge on any atom is 0.340 e. The number of esters is 1. The van der Waals surface area contributed by atoms with Crippen molar-refractivity contribution < 1.29 is 14.3 Å². The quantitative estimate of drug-likeness (QED) is 0.676. The van der Waals surface area contributed by atoms with Gasteiger partial charge in [0, 0.05) is 27.5 Å². The Kier molecular flexibility index (Phi) is 4.12. The summed E-state index contributed by atoms with van der Waals surface area (Å²) in [6.07, 6.45) is 3.14. The second-order valence-corrected chi connectivity index (χ2v) is 5.99. The Labute approximate surface area is 138 Å². The van der Waals surface area contributed by atoms with Gasteiger partial charge in [0.25, 0.3) is 0 Å². The predicted molar refractivity (Wildman–Crippen MR) is 92.1 cm³/mol. The zero-order chi connectivity index (χ0) is 16.4. The molecule has 3 rings (SSSR count). The van der Waals surface area contributed by atoms with E-state index in [-0.39, 0.29) is 0 Å². The Hall–Kier alpha value is -2.66. The van der Waals surface area contributed by atoms with Crippen LogP contribution >= 0.6 is 11.3 Å². The third kappa shape index (κ3) is 2.83. The lowest BCUT2D eigenvalue weighted by Gasteiger charge is -2.08. The number of hydrogen-bond donors (Lipinski definition) is 0. The molecule has 1 aromatic carbocycles. The fraction of sp³-hybridized carbons (Fsp3) is 0.111. The molecule has 23 heavy (non-hydrogen) atoms. The molecule has 0 radical (unpaired) electrons. The maximum atomic E-state index is 11.9. The van der Waals surface area contributed by atoms with Gasteiger partial charge in [-0.2, -0.15) is 0 Å². The second-order valence-electron chi connectivity index (χ2n) is 4.91. The van der Waals surface area contributed by atoms with Crippen LogP contribution in [0.1, 0.15) is 20.8 Å². The molecule has 0 atom stereocenters. The van der Waals surface area contributed by atoms with Crippen LogP contribution in [0.15, 0.2) is 49.3 Å². The lowest BCUT2D eigenvalue weighted by molar-refractivity contribution is 0.0600. The van der Waals surface area contributed by atoms with Crippen molar-refractivity contribution in [3.63, 3.8) is 0 Å². The number of methoxy groups -OCH3 is 2. The normalized spacial score (nSPS) is 10.5. The molecule has 116 valence electrons. The summed E-state index contributed by atoms with van der Waals surface area (Å²) in [5.74, 6) is 0.392. The number of rotatable bonds is 4. The largest absolute Gasteiger partial charge is 0.497 e. The number of carbonyl (C=O) groups excluding carboxylic acids is 1. The van der Waals surface area contributed by atoms with Gasteiger partial charge in [-0.1, -0.05) is 6.58 Å². The number of benzene rings is 1. The van der Waals surface area contributed by atoms with E-state index in [1.807, 2.05) is 24.3 Å². The van der Waals surface area contributed by atoms with Gasteiger partial charge in [-0.15, -0.1) is 11.3 Å². The fourth-order valence-corrected chi connectivity index (χ4v) is 3.39. The molecular weight excluding hydrogens is 310 g/mol. The van der Waals surface area contributed by atoms with E-state index in [4.69, 9.17) is 9.47 Å². The molecule has 0 spiro atoms. The molecule has 0 unspecified atom stereocenters. The SMILES string of the molecule is C=C(c1cc2cc(OC)ccc2s1)c1ccncc1C(=O)OC. The minimum absolute atomic E-state index is 0.412. The Balaban J connectivity index is 2.05. The molecule has 0 N–H and O–H groups in total. The lowest BCUT2D eigenvalue weighted by Crippen LogP contribution is -2.05. The third-order valence-corrected chi connectivity index (χ3v) is 4.75. The smallest absolute Gasteiger partial charge is 0.340 e. The van der Waals surface area contributed by atoms with Crippen LogP contribution in [0.4, 0.5) is 0 Å². The molecule has 5 heteroatoms. The van der Waals surface area contributed by atoms with Gasteiger partial charge >= 0.3 is 5.97 Å². The van der Waals surface area contributed by atoms with Crippen LogP contribution < -0.4 is 4.74 Å². The Bertz CT molecular complexity index is 898. The summed E-state index contributed by atoms with van der Waals surface area (Å²) in [6, 6.07) is 9.75. The minimum atomic E-state index is -0.419. The number of thiophene rings is 1. The Morgan fingerprint density at radius 3 is 2.74 bits per heavy atom. The first-order valence-electron chi connectivity index (χ1n) is 6.93. The summed E-state index contributed by atoms with van der Waals surface area (Å²) in [4.78, 5) is 16.9. The molecule has 2 aromatic heterocycles. The summed E-state index contributed by atoms with van der Waals surface area (Å²) < 4.78 is 11.2. The van der Waals surface area contributed by atoms with Crippen LogP contribution in [-0.4, -0.2) is 25.2 Å². The minimum Gasteiger partial charge on any atom is -0.497 e. The van der Waals surface area contributed by atoms with Gasteiger partial charge in [0.1, 0.15) is 5.75 Å². The highest BCUT2D eigenvalue weighted by Gasteiger charge is 2.16. The number of hydrogen-bond acceptors (Lipinski definition) is 5. The molecule has 2 heterocycles. The zero-order valence-corrected chi connectivity index (χ0v) is 13.6. The van der Waals surface area contributed by atoms with Crippen molar-refractivity contribution >= 4 is 33.0 Å². The van der Waals surface area contributed by atoms with Crippen molar-refractivity contribution in [2.75, 3.05) is 14.2 Å². The summed E-state index contributed by atoms with van der Waals surface area (Å²) in [5.41, 5.74) is 1.91. The molecule has 0 amide bonds. The van der Waals surface area contributed by atoms with E-state index in [0.717, 1.165) is 31.8 Å². The fourth-order valence-electron chi connectivity index (χ4n) is 2.36. The van der Waals surface area contributed by atoms with Gasteiger partial charge in [0.2, 0.25) is 0 Å². The first kappa shape index (κ1) is 15.2. The average molecular weight is 325 g/mol. The van der Waals surface area contributed by atoms with Crippen molar-refractivity contribution in [3.8, 4) is 5.75 Å². The van der Waals surface area contributed by atoms with Crippen molar-refractivity contribution in [2.45, 2.75) is 0 Å². The van der Waals surface area contributed by atoms with E-state index in [1.165, 1.54) is 13.3 Å². The molecule has 0 fully saturated rings. The van der Waals surface area contributed by atoms with Crippen LogP contribution in [0.5, 0.6) is 5.75 Å². The van der Waals surface area contributed by atoms with Crippen molar-refractivity contribution in [1.82, 2.24) is 4.98 Å². The van der Waals surface area contributed by atoms with Crippen molar-refractivity contribution in [1.29, 1.82) is 0 Å². The topological polar surface area (TPSA) is 48.4 Å². The van der Waals surface area contributed by atoms with Gasteiger partial charge in [0.15, 0.2) is 0 Å². The van der Waals surface area contributed by atoms with Crippen LogP contribution in [0, 0.1) is 0 Å². The van der Waals surface area contributed by atoms with E-state index in [9.17, 15) is 4.79 Å². The van der Waals surface area contributed by atoms with Crippen LogP contribution in [0.2, 0.25) is 0 Å². The number of aromatic nitrogens is 1. The zero-order valence-electron chi connectivity index (χ0n) is 12.8. The third-order valence-electron chi connectivity index (χ3n) is 3.57. The summed E-state index contributed by atoms with van der Waals surface area (Å²) in [5, 5.41) is 1.08. The monoisotopic (exact) mass is 325 g/mol. The number of carbonyl (C=O) groups is 1. The summed E-state index contributed by atoms with van der Waals surface area (Å²) in [7, 11) is 3.00. The van der Waals surface area contributed by atoms with Crippen LogP contribution in [0.3, 0.4) is 0 Å². The van der Waals surface area contributed by atoms with Gasteiger partial charge in [0.05, 0.1) is 19.8 Å². The predicted octanol–water partition coefficient (Wildman–Crippen LogP) is 4.15. The number of fused-ring (bicyclic) bond motifs is 1. The Morgan fingerprint density at radius 1 is 1.17 bits per heavy atom. The van der Waals surface area contributed by atoms with E-state index in [0.29, 0.717) is 5.56 Å². The molecule has 0 aliphatic rings. The van der Waals surface area contributed by atoms with Crippen molar-refractivity contribution in [3.05, 3.63) is 65.3 Å². The molecule has 0 aliphatic carbocycles. The maximum absolute atomic E-state index is 11.9. The van der Waals surface area contributed by atoms with Gasteiger partial charge in [-0.25, -0.2) is 4.79 Å². The van der Waals surface area contributed by atoms with E-state index < -0.39 is 5.97 Å². The summed E-state index contributed by atoms with van der Waals surface area (Å²) in [6.45, 7) is 4.15.